The van der Waals surface area contributed by atoms with E-state index in [2.05, 4.69) is 15.0 Å². The van der Waals surface area contributed by atoms with Crippen LogP contribution < -0.4 is 5.32 Å². The summed E-state index contributed by atoms with van der Waals surface area (Å²) in [6.45, 7) is 0. The number of hydrogen-bond donors (Lipinski definition) is 1. The van der Waals surface area contributed by atoms with Crippen LogP contribution in [-0.4, -0.2) is 24.0 Å². The minimum Gasteiger partial charge on any atom is -0.465 e. The number of anilines is 1. The SMILES string of the molecule is COC(=O)c1cc(NC(=O)C2CC2)cnc1Cl. The van der Waals surface area contributed by atoms with Crippen molar-refractivity contribution in [3.05, 3.63) is 23.0 Å². The molecule has 1 N–H and O–H groups in total. The summed E-state index contributed by atoms with van der Waals surface area (Å²) < 4.78 is 4.56. The van der Waals surface area contributed by atoms with Gasteiger partial charge in [-0.15, -0.1) is 0 Å². The molecule has 0 radical (unpaired) electrons. The lowest BCUT2D eigenvalue weighted by atomic mass is 10.2. The van der Waals surface area contributed by atoms with Crippen LogP contribution in [0.2, 0.25) is 5.15 Å². The molecule has 0 atom stereocenters. The first-order valence-corrected chi connectivity index (χ1v) is 5.54. The fourth-order valence-electron chi connectivity index (χ4n) is 1.36. The Morgan fingerprint density at radius 2 is 2.24 bits per heavy atom. The molecule has 1 aromatic rings. The van der Waals surface area contributed by atoms with Gasteiger partial charge in [0.25, 0.3) is 0 Å². The van der Waals surface area contributed by atoms with E-state index in [1.807, 2.05) is 0 Å². The Kier molecular flexibility index (Phi) is 3.28. The highest BCUT2D eigenvalue weighted by Crippen LogP contribution is 2.30. The Balaban J connectivity index is 2.17. The summed E-state index contributed by atoms with van der Waals surface area (Å²) in [4.78, 5) is 26.7. The molecule has 0 aromatic carbocycles. The highest BCUT2D eigenvalue weighted by atomic mass is 35.5. The molecule has 1 amide bonds. The van der Waals surface area contributed by atoms with E-state index in [0.29, 0.717) is 5.69 Å². The van der Waals surface area contributed by atoms with Crippen LogP contribution in [0.4, 0.5) is 5.69 Å². The van der Waals surface area contributed by atoms with Gasteiger partial charge in [-0.05, 0) is 18.9 Å². The largest absolute Gasteiger partial charge is 0.465 e. The third kappa shape index (κ3) is 2.74. The molecular weight excluding hydrogens is 244 g/mol. The number of carbonyl (C=O) groups is 2. The first-order chi connectivity index (χ1) is 8.11. The van der Waals surface area contributed by atoms with Crippen molar-refractivity contribution in [3.8, 4) is 0 Å². The van der Waals surface area contributed by atoms with E-state index in [1.54, 1.807) is 0 Å². The molecule has 1 saturated carbocycles. The monoisotopic (exact) mass is 254 g/mol. The fraction of sp³-hybridized carbons (Fsp3) is 0.364. The van der Waals surface area contributed by atoms with E-state index in [1.165, 1.54) is 19.4 Å². The van der Waals surface area contributed by atoms with Crippen LogP contribution in [0.25, 0.3) is 0 Å². The Labute approximate surface area is 103 Å². The summed E-state index contributed by atoms with van der Waals surface area (Å²) in [7, 11) is 1.26. The van der Waals surface area contributed by atoms with Crippen molar-refractivity contribution < 1.29 is 14.3 Å². The van der Waals surface area contributed by atoms with Gasteiger partial charge >= 0.3 is 5.97 Å². The lowest BCUT2D eigenvalue weighted by molar-refractivity contribution is -0.117. The van der Waals surface area contributed by atoms with E-state index < -0.39 is 5.97 Å². The third-order valence-corrected chi connectivity index (χ3v) is 2.76. The van der Waals surface area contributed by atoms with Crippen LogP contribution in [0.3, 0.4) is 0 Å². The van der Waals surface area contributed by atoms with Gasteiger partial charge in [0.05, 0.1) is 24.6 Å². The minimum atomic E-state index is -0.579. The second kappa shape index (κ2) is 4.71. The van der Waals surface area contributed by atoms with E-state index >= 15 is 0 Å². The standard InChI is InChI=1S/C11H11ClN2O3/c1-17-11(16)8-4-7(5-13-9(8)12)14-10(15)6-2-3-6/h4-6H,2-3H2,1H3,(H,14,15). The maximum atomic E-state index is 11.5. The zero-order valence-corrected chi connectivity index (χ0v) is 9.95. The number of ether oxygens (including phenoxy) is 1. The number of pyridine rings is 1. The van der Waals surface area contributed by atoms with Crippen LogP contribution in [-0.2, 0) is 9.53 Å². The molecule has 1 aliphatic rings. The summed E-state index contributed by atoms with van der Waals surface area (Å²) in [5.41, 5.74) is 0.592. The molecule has 0 saturated heterocycles. The second-order valence-corrected chi connectivity index (χ2v) is 4.18. The van der Waals surface area contributed by atoms with Crippen molar-refractivity contribution in [2.24, 2.45) is 5.92 Å². The maximum absolute atomic E-state index is 11.5. The van der Waals surface area contributed by atoms with Crippen molar-refractivity contribution >= 4 is 29.2 Å². The Morgan fingerprint density at radius 3 is 2.82 bits per heavy atom. The fourth-order valence-corrected chi connectivity index (χ4v) is 1.54. The van der Waals surface area contributed by atoms with Crippen molar-refractivity contribution in [2.75, 3.05) is 12.4 Å². The zero-order chi connectivity index (χ0) is 12.4. The molecule has 1 aromatic heterocycles. The number of carbonyl (C=O) groups excluding carboxylic acids is 2. The molecule has 1 aliphatic carbocycles. The highest BCUT2D eigenvalue weighted by molar-refractivity contribution is 6.32. The predicted octanol–water partition coefficient (Wildman–Crippen LogP) is 1.87. The van der Waals surface area contributed by atoms with Gasteiger partial charge in [-0.3, -0.25) is 4.79 Å². The van der Waals surface area contributed by atoms with Crippen LogP contribution >= 0.6 is 11.6 Å². The van der Waals surface area contributed by atoms with E-state index in [-0.39, 0.29) is 22.5 Å². The lowest BCUT2D eigenvalue weighted by Gasteiger charge is -2.06. The van der Waals surface area contributed by atoms with E-state index in [9.17, 15) is 9.59 Å². The summed E-state index contributed by atoms with van der Waals surface area (Å²) in [5.74, 6) is -0.540. The van der Waals surface area contributed by atoms with Crippen molar-refractivity contribution in [1.29, 1.82) is 0 Å². The lowest BCUT2D eigenvalue weighted by Crippen LogP contribution is -2.14. The molecule has 0 spiro atoms. The Bertz CT molecular complexity index is 472. The van der Waals surface area contributed by atoms with Gasteiger partial charge in [0.2, 0.25) is 5.91 Å². The van der Waals surface area contributed by atoms with Crippen LogP contribution in [0.15, 0.2) is 12.3 Å². The molecule has 1 fully saturated rings. The molecule has 0 aliphatic heterocycles. The van der Waals surface area contributed by atoms with E-state index in [0.717, 1.165) is 12.8 Å². The molecule has 6 heteroatoms. The van der Waals surface area contributed by atoms with E-state index in [4.69, 9.17) is 11.6 Å². The number of rotatable bonds is 3. The van der Waals surface area contributed by atoms with Crippen molar-refractivity contribution in [3.63, 3.8) is 0 Å². The molecule has 5 nitrogen and oxygen atoms in total. The van der Waals surface area contributed by atoms with Gasteiger partial charge in [-0.25, -0.2) is 9.78 Å². The first kappa shape index (κ1) is 11.9. The molecule has 0 bridgehead atoms. The maximum Gasteiger partial charge on any atom is 0.341 e. The van der Waals surface area contributed by atoms with Crippen molar-refractivity contribution in [2.45, 2.75) is 12.8 Å². The number of aromatic nitrogens is 1. The first-order valence-electron chi connectivity index (χ1n) is 5.16. The van der Waals surface area contributed by atoms with Gasteiger partial charge in [0.15, 0.2) is 0 Å². The van der Waals surface area contributed by atoms with Crippen LogP contribution in [0.5, 0.6) is 0 Å². The van der Waals surface area contributed by atoms with Gasteiger partial charge in [0.1, 0.15) is 5.15 Å². The average Bonchev–Trinajstić information content (AvgIpc) is 3.14. The zero-order valence-electron chi connectivity index (χ0n) is 9.20. The summed E-state index contributed by atoms with van der Waals surface area (Å²) in [6, 6.07) is 1.46. The smallest absolute Gasteiger partial charge is 0.341 e. The van der Waals surface area contributed by atoms with Crippen molar-refractivity contribution in [1.82, 2.24) is 4.98 Å². The Hall–Kier alpha value is -1.62. The van der Waals surface area contributed by atoms with Gasteiger partial charge in [-0.2, -0.15) is 0 Å². The number of nitrogens with one attached hydrogen (secondary N) is 1. The second-order valence-electron chi connectivity index (χ2n) is 3.82. The predicted molar refractivity (Wildman–Crippen MR) is 61.9 cm³/mol. The Morgan fingerprint density at radius 1 is 1.53 bits per heavy atom. The molecule has 90 valence electrons. The topological polar surface area (TPSA) is 68.3 Å². The normalized spacial score (nSPS) is 14.2. The molecule has 17 heavy (non-hydrogen) atoms. The van der Waals surface area contributed by atoms with Crippen LogP contribution in [0, 0.1) is 5.92 Å². The summed E-state index contributed by atoms with van der Waals surface area (Å²) in [5, 5.41) is 2.74. The third-order valence-electron chi connectivity index (χ3n) is 2.46. The quantitative estimate of drug-likeness (QED) is 0.660. The molecule has 2 rings (SSSR count). The van der Waals surface area contributed by atoms with Gasteiger partial charge < -0.3 is 10.1 Å². The average molecular weight is 255 g/mol. The number of methoxy groups -OCH3 is 1. The molecule has 0 unspecified atom stereocenters. The minimum absolute atomic E-state index is 0.0510. The number of hydrogen-bond acceptors (Lipinski definition) is 4. The number of halogens is 1. The van der Waals surface area contributed by atoms with Gasteiger partial charge in [-0.1, -0.05) is 11.6 Å². The van der Waals surface area contributed by atoms with Crippen LogP contribution in [0.1, 0.15) is 23.2 Å². The number of amides is 1. The van der Waals surface area contributed by atoms with Gasteiger partial charge in [0, 0.05) is 5.92 Å². The summed E-state index contributed by atoms with van der Waals surface area (Å²) in [6.07, 6.45) is 3.24. The summed E-state index contributed by atoms with van der Waals surface area (Å²) >= 11 is 5.76. The number of esters is 1. The molecule has 1 heterocycles. The highest BCUT2D eigenvalue weighted by Gasteiger charge is 2.29. The molecular formula is C11H11ClN2O3. The number of nitrogens with zero attached hydrogens (tertiary/aromatic N) is 1.